The Hall–Kier alpha value is -2.03. The molecule has 0 saturated heterocycles. The smallest absolute Gasteiger partial charge is 0.305 e. The lowest BCUT2D eigenvalue weighted by Gasteiger charge is -2.28. The van der Waals surface area contributed by atoms with Gasteiger partial charge in [0.05, 0.1) is 0 Å². The van der Waals surface area contributed by atoms with E-state index < -0.39 is 0 Å². The summed E-state index contributed by atoms with van der Waals surface area (Å²) in [6.45, 7) is 7.84. The van der Waals surface area contributed by atoms with Crippen LogP contribution in [0.25, 0.3) is 10.8 Å². The van der Waals surface area contributed by atoms with E-state index in [0.29, 0.717) is 6.42 Å². The molecule has 2 aromatic carbocycles. The van der Waals surface area contributed by atoms with Gasteiger partial charge in [0.15, 0.2) is 0 Å². The molecule has 0 fully saturated rings. The maximum Gasteiger partial charge on any atom is 0.305 e. The third kappa shape index (κ3) is 3.79. The Balaban J connectivity index is 2.25. The predicted molar refractivity (Wildman–Crippen MR) is 89.0 cm³/mol. The third-order valence-corrected chi connectivity index (χ3v) is 3.74. The number of benzene rings is 2. The minimum absolute atomic E-state index is 0.179. The van der Waals surface area contributed by atoms with Gasteiger partial charge in [-0.05, 0) is 24.3 Å². The van der Waals surface area contributed by atoms with Crippen molar-refractivity contribution in [1.29, 1.82) is 0 Å². The molecule has 0 aromatic heterocycles. The first-order chi connectivity index (χ1) is 10.5. The summed E-state index contributed by atoms with van der Waals surface area (Å²) in [7, 11) is 0. The normalized spacial score (nSPS) is 13.9. The van der Waals surface area contributed by atoms with Crippen LogP contribution in [0, 0.1) is 5.92 Å². The zero-order valence-corrected chi connectivity index (χ0v) is 13.7. The maximum atomic E-state index is 11.5. The Bertz CT molecular complexity index is 628. The Kier molecular flexibility index (Phi) is 5.42. The van der Waals surface area contributed by atoms with E-state index in [4.69, 9.17) is 9.47 Å². The van der Waals surface area contributed by atoms with Gasteiger partial charge in [0.1, 0.15) is 18.0 Å². The van der Waals surface area contributed by atoms with Gasteiger partial charge in [-0.25, -0.2) is 0 Å². The highest BCUT2D eigenvalue weighted by atomic mass is 16.6. The van der Waals surface area contributed by atoms with Crippen molar-refractivity contribution >= 4 is 16.7 Å². The molecule has 0 bridgehead atoms. The number of fused-ring (bicyclic) bond motifs is 1. The molecule has 0 aliphatic heterocycles. The molecule has 2 unspecified atom stereocenters. The summed E-state index contributed by atoms with van der Waals surface area (Å²) in [5.74, 6) is 0.870. The van der Waals surface area contributed by atoms with E-state index in [2.05, 4.69) is 26.0 Å². The fourth-order valence-electron chi connectivity index (χ4n) is 2.58. The number of esters is 1. The lowest BCUT2D eigenvalue weighted by Crippen LogP contribution is -2.37. The molecule has 0 radical (unpaired) electrons. The first-order valence-electron chi connectivity index (χ1n) is 7.86. The maximum absolute atomic E-state index is 11.5. The lowest BCUT2D eigenvalue weighted by atomic mass is 10.0. The van der Waals surface area contributed by atoms with E-state index >= 15 is 0 Å². The molecule has 0 saturated carbocycles. The van der Waals surface area contributed by atoms with Crippen LogP contribution in [-0.2, 0) is 9.53 Å². The first kappa shape index (κ1) is 16.3. The lowest BCUT2D eigenvalue weighted by molar-refractivity contribution is -0.153. The fraction of sp³-hybridized carbons (Fsp3) is 0.421. The van der Waals surface area contributed by atoms with Crippen molar-refractivity contribution in [2.24, 2.45) is 5.92 Å². The fourth-order valence-corrected chi connectivity index (χ4v) is 2.58. The van der Waals surface area contributed by atoms with Gasteiger partial charge in [0.2, 0.25) is 0 Å². The van der Waals surface area contributed by atoms with E-state index in [1.807, 2.05) is 37.3 Å². The second kappa shape index (κ2) is 7.30. The van der Waals surface area contributed by atoms with Crippen molar-refractivity contribution in [3.05, 3.63) is 42.5 Å². The molecule has 2 rings (SSSR count). The molecule has 3 nitrogen and oxygen atoms in total. The second-order valence-corrected chi connectivity index (χ2v) is 5.85. The molecule has 2 atom stereocenters. The van der Waals surface area contributed by atoms with Gasteiger partial charge in [-0.1, -0.05) is 57.2 Å². The van der Waals surface area contributed by atoms with Crippen molar-refractivity contribution in [2.75, 3.05) is 0 Å². The molecule has 3 heteroatoms. The summed E-state index contributed by atoms with van der Waals surface area (Å²) in [4.78, 5) is 11.5. The van der Waals surface area contributed by atoms with Crippen LogP contribution < -0.4 is 4.74 Å². The molecule has 0 spiro atoms. The summed E-state index contributed by atoms with van der Waals surface area (Å²) in [6.07, 6.45) is -0.0867. The van der Waals surface area contributed by atoms with Crippen LogP contribution in [0.3, 0.4) is 0 Å². The number of hydrogen-bond acceptors (Lipinski definition) is 3. The van der Waals surface area contributed by atoms with Crippen LogP contribution in [-0.4, -0.2) is 18.2 Å². The Morgan fingerprint density at radius 1 is 1.05 bits per heavy atom. The molecular formula is C19H24O3. The van der Waals surface area contributed by atoms with Gasteiger partial charge in [-0.2, -0.15) is 0 Å². The van der Waals surface area contributed by atoms with Crippen molar-refractivity contribution in [3.63, 3.8) is 0 Å². The SMILES string of the molecule is CCC(=O)OC(C)C(Oc1cccc2ccccc12)C(C)C. The quantitative estimate of drug-likeness (QED) is 0.732. The first-order valence-corrected chi connectivity index (χ1v) is 7.86. The molecule has 0 aliphatic rings. The van der Waals surface area contributed by atoms with Crippen LogP contribution in [0.1, 0.15) is 34.1 Å². The summed E-state index contributed by atoms with van der Waals surface area (Å²) >= 11 is 0. The average molecular weight is 300 g/mol. The highest BCUT2D eigenvalue weighted by Gasteiger charge is 2.26. The highest BCUT2D eigenvalue weighted by molar-refractivity contribution is 5.88. The van der Waals surface area contributed by atoms with E-state index in [1.54, 1.807) is 6.92 Å². The Labute approximate surface area is 132 Å². The topological polar surface area (TPSA) is 35.5 Å². The number of ether oxygens (including phenoxy) is 2. The minimum atomic E-state index is -0.286. The van der Waals surface area contributed by atoms with Gasteiger partial charge in [-0.3, -0.25) is 4.79 Å². The molecule has 0 aliphatic carbocycles. The van der Waals surface area contributed by atoms with Gasteiger partial charge in [0.25, 0.3) is 0 Å². The highest BCUT2D eigenvalue weighted by Crippen LogP contribution is 2.28. The van der Waals surface area contributed by atoms with E-state index in [1.165, 1.54) is 0 Å². The van der Waals surface area contributed by atoms with E-state index in [9.17, 15) is 4.79 Å². The summed E-state index contributed by atoms with van der Waals surface area (Å²) < 4.78 is 11.7. The summed E-state index contributed by atoms with van der Waals surface area (Å²) in [5, 5.41) is 2.21. The van der Waals surface area contributed by atoms with Gasteiger partial charge >= 0.3 is 5.97 Å². The Morgan fingerprint density at radius 3 is 2.41 bits per heavy atom. The Morgan fingerprint density at radius 2 is 1.73 bits per heavy atom. The molecule has 0 amide bonds. The van der Waals surface area contributed by atoms with Crippen molar-refractivity contribution in [3.8, 4) is 5.75 Å². The van der Waals surface area contributed by atoms with Crippen LogP contribution in [0.2, 0.25) is 0 Å². The number of carbonyl (C=O) groups excluding carboxylic acids is 1. The second-order valence-electron chi connectivity index (χ2n) is 5.85. The molecular weight excluding hydrogens is 276 g/mol. The summed E-state index contributed by atoms with van der Waals surface area (Å²) in [6, 6.07) is 14.1. The number of carbonyl (C=O) groups is 1. The molecule has 118 valence electrons. The van der Waals surface area contributed by atoms with Gasteiger partial charge in [0, 0.05) is 11.8 Å². The molecule has 22 heavy (non-hydrogen) atoms. The van der Waals surface area contributed by atoms with Crippen molar-refractivity contribution in [2.45, 2.75) is 46.3 Å². The standard InChI is InChI=1S/C19H24O3/c1-5-18(20)21-14(4)19(13(2)3)22-17-12-8-10-15-9-6-7-11-16(15)17/h6-14,19H,5H2,1-4H3. The zero-order valence-electron chi connectivity index (χ0n) is 13.7. The third-order valence-electron chi connectivity index (χ3n) is 3.74. The van der Waals surface area contributed by atoms with Crippen LogP contribution in [0.15, 0.2) is 42.5 Å². The van der Waals surface area contributed by atoms with Crippen molar-refractivity contribution < 1.29 is 14.3 Å². The zero-order chi connectivity index (χ0) is 16.1. The number of hydrogen-bond donors (Lipinski definition) is 0. The largest absolute Gasteiger partial charge is 0.486 e. The van der Waals surface area contributed by atoms with Crippen molar-refractivity contribution in [1.82, 2.24) is 0 Å². The molecule has 0 heterocycles. The van der Waals surface area contributed by atoms with Crippen LogP contribution >= 0.6 is 0 Å². The average Bonchev–Trinajstić information content (AvgIpc) is 2.52. The van der Waals surface area contributed by atoms with Crippen LogP contribution in [0.5, 0.6) is 5.75 Å². The molecule has 2 aromatic rings. The van der Waals surface area contributed by atoms with E-state index in [0.717, 1.165) is 16.5 Å². The number of rotatable bonds is 6. The molecule has 0 N–H and O–H groups in total. The van der Waals surface area contributed by atoms with Gasteiger partial charge in [-0.15, -0.1) is 0 Å². The van der Waals surface area contributed by atoms with E-state index in [-0.39, 0.29) is 24.1 Å². The minimum Gasteiger partial charge on any atom is -0.486 e. The van der Waals surface area contributed by atoms with Gasteiger partial charge < -0.3 is 9.47 Å². The van der Waals surface area contributed by atoms with Crippen LogP contribution in [0.4, 0.5) is 0 Å². The summed E-state index contributed by atoms with van der Waals surface area (Å²) in [5.41, 5.74) is 0. The predicted octanol–water partition coefficient (Wildman–Crippen LogP) is 4.58. The monoisotopic (exact) mass is 300 g/mol.